The van der Waals surface area contributed by atoms with E-state index in [1.807, 2.05) is 30.5 Å². The van der Waals surface area contributed by atoms with E-state index >= 15 is 0 Å². The molecule has 1 amide bonds. The average Bonchev–Trinajstić information content (AvgIpc) is 2.85. The van der Waals surface area contributed by atoms with Crippen LogP contribution in [0.5, 0.6) is 0 Å². The third-order valence-corrected chi connectivity index (χ3v) is 4.35. The van der Waals surface area contributed by atoms with E-state index in [4.69, 9.17) is 23.2 Å². The number of hydrogen-bond acceptors (Lipinski definition) is 2. The molecule has 1 aromatic heterocycles. The summed E-state index contributed by atoms with van der Waals surface area (Å²) in [4.78, 5) is 12.9. The molecule has 1 N–H and O–H groups in total. The van der Waals surface area contributed by atoms with Crippen LogP contribution in [0.1, 0.15) is 23.4 Å². The Balaban J connectivity index is 1.98. The average molecular weight is 314 g/mol. The first-order valence-corrected chi connectivity index (χ1v) is 7.46. The zero-order valence-electron chi connectivity index (χ0n) is 10.3. The molecule has 19 heavy (non-hydrogen) atoms. The van der Waals surface area contributed by atoms with Crippen molar-refractivity contribution in [2.45, 2.75) is 19.4 Å². The van der Waals surface area contributed by atoms with Crippen molar-refractivity contribution in [3.63, 3.8) is 0 Å². The predicted octanol–water partition coefficient (Wildman–Crippen LogP) is 4.47. The summed E-state index contributed by atoms with van der Waals surface area (Å²) in [7, 11) is 0. The van der Waals surface area contributed by atoms with Gasteiger partial charge in [-0.05, 0) is 36.1 Å². The van der Waals surface area contributed by atoms with Crippen molar-refractivity contribution in [1.82, 2.24) is 5.32 Å². The minimum atomic E-state index is -0.0952. The van der Waals surface area contributed by atoms with Crippen molar-refractivity contribution in [3.05, 3.63) is 56.2 Å². The van der Waals surface area contributed by atoms with Crippen molar-refractivity contribution in [2.24, 2.45) is 0 Å². The van der Waals surface area contributed by atoms with E-state index in [2.05, 4.69) is 5.32 Å². The van der Waals surface area contributed by atoms with Gasteiger partial charge < -0.3 is 5.32 Å². The molecule has 1 atom stereocenters. The molecule has 1 heterocycles. The molecule has 0 radical (unpaired) electrons. The highest BCUT2D eigenvalue weighted by molar-refractivity contribution is 7.10. The Morgan fingerprint density at radius 1 is 1.32 bits per heavy atom. The second-order valence-electron chi connectivity index (χ2n) is 4.22. The van der Waals surface area contributed by atoms with Gasteiger partial charge >= 0.3 is 0 Å². The van der Waals surface area contributed by atoms with Crippen molar-refractivity contribution in [1.29, 1.82) is 0 Å². The normalized spacial score (nSPS) is 12.2. The summed E-state index contributed by atoms with van der Waals surface area (Å²) in [5.41, 5.74) is 0.939. The van der Waals surface area contributed by atoms with Gasteiger partial charge in [-0.2, -0.15) is 0 Å². The third-order valence-electron chi connectivity index (χ3n) is 2.74. The van der Waals surface area contributed by atoms with E-state index in [9.17, 15) is 4.79 Å². The van der Waals surface area contributed by atoms with Crippen LogP contribution in [0.15, 0.2) is 35.7 Å². The fourth-order valence-electron chi connectivity index (χ4n) is 1.73. The highest BCUT2D eigenvalue weighted by Gasteiger charge is 2.11. The van der Waals surface area contributed by atoms with Crippen molar-refractivity contribution >= 4 is 40.4 Å². The number of nitrogens with one attached hydrogen (secondary N) is 1. The molecule has 2 rings (SSSR count). The fourth-order valence-corrected chi connectivity index (χ4v) is 2.74. The second-order valence-corrected chi connectivity index (χ2v) is 6.07. The number of halogens is 2. The number of carbonyl (C=O) groups is 1. The predicted molar refractivity (Wildman–Crippen MR) is 81.0 cm³/mol. The van der Waals surface area contributed by atoms with Gasteiger partial charge in [0.15, 0.2) is 0 Å². The van der Waals surface area contributed by atoms with Gasteiger partial charge in [0.05, 0.1) is 22.5 Å². The van der Waals surface area contributed by atoms with E-state index in [1.165, 1.54) is 0 Å². The highest BCUT2D eigenvalue weighted by atomic mass is 35.5. The van der Waals surface area contributed by atoms with Crippen LogP contribution < -0.4 is 5.32 Å². The molecule has 2 aromatic rings. The Morgan fingerprint density at radius 2 is 2.11 bits per heavy atom. The summed E-state index contributed by atoms with van der Waals surface area (Å²) in [6.07, 6.45) is 0.406. The molecule has 0 aliphatic carbocycles. The smallest absolute Gasteiger partial charge is 0.225 e. The van der Waals surface area contributed by atoms with Gasteiger partial charge in [-0.15, -0.1) is 11.3 Å². The van der Waals surface area contributed by atoms with Crippen LogP contribution in [0.3, 0.4) is 0 Å². The molecule has 0 fully saturated rings. The van der Waals surface area contributed by atoms with Gasteiger partial charge in [0.25, 0.3) is 0 Å². The summed E-state index contributed by atoms with van der Waals surface area (Å²) in [5.74, 6) is 0.000947. The maximum Gasteiger partial charge on any atom is 0.225 e. The first-order chi connectivity index (χ1) is 9.06. The van der Waals surface area contributed by atoms with Crippen LogP contribution in [0.4, 0.5) is 0 Å². The van der Waals surface area contributed by atoms with E-state index in [1.54, 1.807) is 23.5 Å². The van der Waals surface area contributed by atoms with Crippen LogP contribution in [0.25, 0.3) is 0 Å². The quantitative estimate of drug-likeness (QED) is 0.886. The zero-order valence-corrected chi connectivity index (χ0v) is 12.6. The van der Waals surface area contributed by atoms with Gasteiger partial charge in [-0.1, -0.05) is 35.3 Å². The molecule has 1 aromatic carbocycles. The molecule has 0 saturated carbocycles. The lowest BCUT2D eigenvalue weighted by Crippen LogP contribution is -2.27. The Labute approximate surface area is 126 Å². The lowest BCUT2D eigenvalue weighted by molar-refractivity contribution is -0.121. The summed E-state index contributed by atoms with van der Waals surface area (Å²) >= 11 is 13.4. The molecular weight excluding hydrogens is 301 g/mol. The Bertz CT molecular complexity index is 569. The van der Waals surface area contributed by atoms with E-state index in [-0.39, 0.29) is 11.9 Å². The highest BCUT2D eigenvalue weighted by Crippen LogP contribution is 2.25. The lowest BCUT2D eigenvalue weighted by Gasteiger charge is -2.14. The van der Waals surface area contributed by atoms with Crippen molar-refractivity contribution in [3.8, 4) is 0 Å². The summed E-state index contributed by atoms with van der Waals surface area (Å²) in [6.45, 7) is 1.92. The standard InChI is InChI=1S/C14H13Cl2NOS/c1-9(10-4-5-12(15)13(16)7-10)17-14(18)8-11-3-2-6-19-11/h2-7,9H,8H2,1H3,(H,17,18)/t9-/m1/s1. The summed E-state index contributed by atoms with van der Waals surface area (Å²) in [5, 5.41) is 5.93. The maximum atomic E-state index is 11.9. The van der Waals surface area contributed by atoms with Crippen LogP contribution in [-0.4, -0.2) is 5.91 Å². The summed E-state index contributed by atoms with van der Waals surface area (Å²) < 4.78 is 0. The number of rotatable bonds is 4. The number of benzene rings is 1. The lowest BCUT2D eigenvalue weighted by atomic mass is 10.1. The van der Waals surface area contributed by atoms with Crippen LogP contribution in [0, 0.1) is 0 Å². The molecule has 5 heteroatoms. The van der Waals surface area contributed by atoms with Crippen LogP contribution in [-0.2, 0) is 11.2 Å². The minimum Gasteiger partial charge on any atom is -0.349 e. The van der Waals surface area contributed by atoms with Gasteiger partial charge in [-0.3, -0.25) is 4.79 Å². The fraction of sp³-hybridized carbons (Fsp3) is 0.214. The number of thiophene rings is 1. The first kappa shape index (κ1) is 14.4. The van der Waals surface area contributed by atoms with Crippen molar-refractivity contribution in [2.75, 3.05) is 0 Å². The van der Waals surface area contributed by atoms with Crippen LogP contribution >= 0.6 is 34.5 Å². The molecule has 0 spiro atoms. The number of carbonyl (C=O) groups excluding carboxylic acids is 1. The Morgan fingerprint density at radius 3 is 2.74 bits per heavy atom. The van der Waals surface area contributed by atoms with Gasteiger partial charge in [0.1, 0.15) is 0 Å². The number of amides is 1. The second kappa shape index (κ2) is 6.42. The van der Waals surface area contributed by atoms with E-state index < -0.39 is 0 Å². The maximum absolute atomic E-state index is 11.9. The molecule has 2 nitrogen and oxygen atoms in total. The first-order valence-electron chi connectivity index (χ1n) is 5.83. The monoisotopic (exact) mass is 313 g/mol. The van der Waals surface area contributed by atoms with E-state index in [0.717, 1.165) is 10.4 Å². The zero-order chi connectivity index (χ0) is 13.8. The van der Waals surface area contributed by atoms with Crippen molar-refractivity contribution < 1.29 is 4.79 Å². The topological polar surface area (TPSA) is 29.1 Å². The molecule has 100 valence electrons. The molecule has 0 aliphatic rings. The van der Waals surface area contributed by atoms with Crippen LogP contribution in [0.2, 0.25) is 10.0 Å². The Kier molecular flexibility index (Phi) is 4.86. The van der Waals surface area contributed by atoms with Gasteiger partial charge in [-0.25, -0.2) is 0 Å². The summed E-state index contributed by atoms with van der Waals surface area (Å²) in [6, 6.07) is 9.18. The third kappa shape index (κ3) is 3.96. The molecule has 0 bridgehead atoms. The number of hydrogen-bond donors (Lipinski definition) is 1. The molecule has 0 aliphatic heterocycles. The van der Waals surface area contributed by atoms with Gasteiger partial charge in [0, 0.05) is 4.88 Å². The minimum absolute atomic E-state index is 0.000947. The Hall–Kier alpha value is -1.03. The largest absolute Gasteiger partial charge is 0.349 e. The van der Waals surface area contributed by atoms with Gasteiger partial charge in [0.2, 0.25) is 5.91 Å². The molecule has 0 unspecified atom stereocenters. The SMILES string of the molecule is C[C@@H](NC(=O)Cc1cccs1)c1ccc(Cl)c(Cl)c1. The molecular formula is C14H13Cl2NOS. The molecule has 0 saturated heterocycles. The van der Waals surface area contributed by atoms with E-state index in [0.29, 0.717) is 16.5 Å².